The molecule has 1 heterocycles. The van der Waals surface area contributed by atoms with Crippen molar-refractivity contribution in [3.8, 4) is 17.5 Å². The van der Waals surface area contributed by atoms with E-state index < -0.39 is 0 Å². The predicted octanol–water partition coefficient (Wildman–Crippen LogP) is 3.49. The summed E-state index contributed by atoms with van der Waals surface area (Å²) >= 11 is 0. The number of anilines is 1. The van der Waals surface area contributed by atoms with Crippen molar-refractivity contribution in [1.29, 1.82) is 5.26 Å². The van der Waals surface area contributed by atoms with Crippen LogP contribution in [0, 0.1) is 18.3 Å². The van der Waals surface area contributed by atoms with Crippen LogP contribution in [0.15, 0.2) is 53.1 Å². The van der Waals surface area contributed by atoms with Crippen LogP contribution in [0.25, 0.3) is 11.4 Å². The van der Waals surface area contributed by atoms with Crippen LogP contribution in [0.2, 0.25) is 0 Å². The van der Waals surface area contributed by atoms with E-state index in [4.69, 9.17) is 9.78 Å². The number of nitrogens with zero attached hydrogens (tertiary/aromatic N) is 3. The van der Waals surface area contributed by atoms with E-state index in [1.54, 1.807) is 24.3 Å². The Labute approximate surface area is 145 Å². The quantitative estimate of drug-likeness (QED) is 0.772. The summed E-state index contributed by atoms with van der Waals surface area (Å²) in [4.78, 5) is 16.4. The Morgan fingerprint density at radius 2 is 2.08 bits per heavy atom. The van der Waals surface area contributed by atoms with E-state index in [0.717, 1.165) is 11.1 Å². The molecule has 6 heteroatoms. The molecule has 6 nitrogen and oxygen atoms in total. The SMILES string of the molecule is Cc1cccc(-c2noc(CCC(=O)Nc3cccc(C#N)c3)n2)c1. The number of carbonyl (C=O) groups is 1. The second-order valence-electron chi connectivity index (χ2n) is 5.62. The lowest BCUT2D eigenvalue weighted by Gasteiger charge is -2.04. The summed E-state index contributed by atoms with van der Waals surface area (Å²) in [7, 11) is 0. The van der Waals surface area contributed by atoms with Gasteiger partial charge in [0.2, 0.25) is 17.6 Å². The number of carbonyl (C=O) groups excluding carboxylic acids is 1. The first-order valence-electron chi connectivity index (χ1n) is 7.84. The summed E-state index contributed by atoms with van der Waals surface area (Å²) in [6.45, 7) is 2.00. The van der Waals surface area contributed by atoms with Crippen LogP contribution in [0.4, 0.5) is 5.69 Å². The molecule has 0 fully saturated rings. The van der Waals surface area contributed by atoms with Crippen LogP contribution in [-0.4, -0.2) is 16.0 Å². The molecule has 3 aromatic rings. The Morgan fingerprint density at radius 1 is 1.24 bits per heavy atom. The minimum absolute atomic E-state index is 0.176. The maximum Gasteiger partial charge on any atom is 0.227 e. The average Bonchev–Trinajstić information content (AvgIpc) is 3.09. The van der Waals surface area contributed by atoms with E-state index in [9.17, 15) is 4.79 Å². The van der Waals surface area contributed by atoms with E-state index in [2.05, 4.69) is 15.5 Å². The number of nitrogens with one attached hydrogen (secondary N) is 1. The van der Waals surface area contributed by atoms with Crippen molar-refractivity contribution in [2.24, 2.45) is 0 Å². The van der Waals surface area contributed by atoms with E-state index in [-0.39, 0.29) is 12.3 Å². The highest BCUT2D eigenvalue weighted by Crippen LogP contribution is 2.17. The molecule has 124 valence electrons. The summed E-state index contributed by atoms with van der Waals surface area (Å²) in [5.74, 6) is 0.753. The smallest absolute Gasteiger partial charge is 0.227 e. The zero-order valence-corrected chi connectivity index (χ0v) is 13.7. The normalized spacial score (nSPS) is 10.2. The number of rotatable bonds is 5. The van der Waals surface area contributed by atoms with E-state index in [0.29, 0.717) is 29.4 Å². The highest BCUT2D eigenvalue weighted by atomic mass is 16.5. The van der Waals surface area contributed by atoms with Crippen molar-refractivity contribution < 1.29 is 9.32 Å². The molecule has 3 rings (SSSR count). The average molecular weight is 332 g/mol. The lowest BCUT2D eigenvalue weighted by atomic mass is 10.1. The first kappa shape index (κ1) is 16.4. The number of amides is 1. The number of nitriles is 1. The van der Waals surface area contributed by atoms with E-state index >= 15 is 0 Å². The molecule has 0 radical (unpaired) electrons. The van der Waals surface area contributed by atoms with Gasteiger partial charge in [-0.3, -0.25) is 4.79 Å². The molecule has 1 N–H and O–H groups in total. The second kappa shape index (κ2) is 7.41. The van der Waals surface area contributed by atoms with Gasteiger partial charge in [-0.15, -0.1) is 0 Å². The first-order chi connectivity index (χ1) is 12.1. The topological polar surface area (TPSA) is 91.8 Å². The van der Waals surface area contributed by atoms with Gasteiger partial charge in [-0.2, -0.15) is 10.2 Å². The Kier molecular flexibility index (Phi) is 4.86. The Hall–Kier alpha value is -3.46. The number of aromatic nitrogens is 2. The summed E-state index contributed by atoms with van der Waals surface area (Å²) in [6, 6.07) is 16.6. The monoisotopic (exact) mass is 332 g/mol. The summed E-state index contributed by atoms with van der Waals surface area (Å²) in [5, 5.41) is 15.6. The summed E-state index contributed by atoms with van der Waals surface area (Å²) in [6.07, 6.45) is 0.564. The standard InChI is InChI=1S/C19H16N4O2/c1-13-4-2-6-15(10-13)19-22-18(25-23-19)9-8-17(24)21-16-7-3-5-14(11-16)12-20/h2-7,10-11H,8-9H2,1H3,(H,21,24). The molecule has 0 atom stereocenters. The molecule has 0 unspecified atom stereocenters. The Morgan fingerprint density at radius 3 is 2.88 bits per heavy atom. The van der Waals surface area contributed by atoms with Gasteiger partial charge < -0.3 is 9.84 Å². The zero-order valence-electron chi connectivity index (χ0n) is 13.7. The van der Waals surface area contributed by atoms with Gasteiger partial charge in [0.1, 0.15) is 0 Å². The molecule has 0 saturated heterocycles. The highest BCUT2D eigenvalue weighted by Gasteiger charge is 2.11. The zero-order chi connectivity index (χ0) is 17.6. The molecular weight excluding hydrogens is 316 g/mol. The fourth-order valence-corrected chi connectivity index (χ4v) is 2.37. The van der Waals surface area contributed by atoms with Gasteiger partial charge in [-0.25, -0.2) is 0 Å². The lowest BCUT2D eigenvalue weighted by molar-refractivity contribution is -0.116. The van der Waals surface area contributed by atoms with E-state index in [1.807, 2.05) is 37.3 Å². The Bertz CT molecular complexity index is 940. The van der Waals surface area contributed by atoms with Gasteiger partial charge in [-0.05, 0) is 31.2 Å². The van der Waals surface area contributed by atoms with E-state index in [1.165, 1.54) is 0 Å². The van der Waals surface area contributed by atoms with Gasteiger partial charge in [0.25, 0.3) is 0 Å². The maximum atomic E-state index is 12.0. The minimum Gasteiger partial charge on any atom is -0.339 e. The number of benzene rings is 2. The number of aryl methyl sites for hydroxylation is 2. The van der Waals surface area contributed by atoms with Gasteiger partial charge in [0, 0.05) is 24.1 Å². The summed E-state index contributed by atoms with van der Waals surface area (Å²) in [5.41, 5.74) is 3.09. The third-order valence-electron chi connectivity index (χ3n) is 3.59. The molecule has 0 aliphatic carbocycles. The third-order valence-corrected chi connectivity index (χ3v) is 3.59. The Balaban J connectivity index is 1.58. The van der Waals surface area contributed by atoms with Crippen molar-refractivity contribution in [3.63, 3.8) is 0 Å². The van der Waals surface area contributed by atoms with Gasteiger partial charge in [0.15, 0.2) is 0 Å². The number of hydrogen-bond donors (Lipinski definition) is 1. The lowest BCUT2D eigenvalue weighted by Crippen LogP contribution is -2.12. The minimum atomic E-state index is -0.176. The van der Waals surface area contributed by atoms with Crippen molar-refractivity contribution in [2.45, 2.75) is 19.8 Å². The molecule has 0 aliphatic heterocycles. The highest BCUT2D eigenvalue weighted by molar-refractivity contribution is 5.90. The fourth-order valence-electron chi connectivity index (χ4n) is 2.37. The maximum absolute atomic E-state index is 12.0. The van der Waals surface area contributed by atoms with Crippen LogP contribution in [0.5, 0.6) is 0 Å². The molecule has 0 bridgehead atoms. The van der Waals surface area contributed by atoms with Crippen molar-refractivity contribution >= 4 is 11.6 Å². The first-order valence-corrected chi connectivity index (χ1v) is 7.84. The fraction of sp³-hybridized carbons (Fsp3) is 0.158. The molecule has 0 spiro atoms. The predicted molar refractivity (Wildman–Crippen MR) is 92.6 cm³/mol. The third kappa shape index (κ3) is 4.30. The van der Waals surface area contributed by atoms with Crippen LogP contribution in [-0.2, 0) is 11.2 Å². The largest absolute Gasteiger partial charge is 0.339 e. The molecule has 1 amide bonds. The van der Waals surface area contributed by atoms with Crippen LogP contribution < -0.4 is 5.32 Å². The molecule has 0 saturated carbocycles. The van der Waals surface area contributed by atoms with Crippen molar-refractivity contribution in [1.82, 2.24) is 10.1 Å². The van der Waals surface area contributed by atoms with Gasteiger partial charge in [0.05, 0.1) is 11.6 Å². The van der Waals surface area contributed by atoms with Crippen LogP contribution in [0.1, 0.15) is 23.4 Å². The summed E-state index contributed by atoms with van der Waals surface area (Å²) < 4.78 is 5.21. The molecule has 0 aliphatic rings. The molecule has 2 aromatic carbocycles. The second-order valence-corrected chi connectivity index (χ2v) is 5.62. The molecular formula is C19H16N4O2. The van der Waals surface area contributed by atoms with Crippen molar-refractivity contribution in [2.75, 3.05) is 5.32 Å². The number of hydrogen-bond acceptors (Lipinski definition) is 5. The van der Waals surface area contributed by atoms with Gasteiger partial charge in [-0.1, -0.05) is 35.0 Å². The van der Waals surface area contributed by atoms with Crippen molar-refractivity contribution in [3.05, 3.63) is 65.5 Å². The van der Waals surface area contributed by atoms with Crippen LogP contribution in [0.3, 0.4) is 0 Å². The molecule has 1 aromatic heterocycles. The molecule has 25 heavy (non-hydrogen) atoms. The van der Waals surface area contributed by atoms with Gasteiger partial charge >= 0.3 is 0 Å². The van der Waals surface area contributed by atoms with Crippen LogP contribution >= 0.6 is 0 Å².